The molecular formula is C17H24N4O2. The fourth-order valence-corrected chi connectivity index (χ4v) is 3.23. The van der Waals surface area contributed by atoms with E-state index >= 15 is 0 Å². The summed E-state index contributed by atoms with van der Waals surface area (Å²) in [6, 6.07) is 7.58. The van der Waals surface area contributed by atoms with Gasteiger partial charge in [0.25, 0.3) is 0 Å². The number of carbonyl (C=O) groups excluding carboxylic acids is 2. The monoisotopic (exact) mass is 316 g/mol. The minimum Gasteiger partial charge on any atom is -0.322 e. The van der Waals surface area contributed by atoms with E-state index in [1.807, 2.05) is 4.90 Å². The highest BCUT2D eigenvalue weighted by Gasteiger charge is 2.27. The van der Waals surface area contributed by atoms with Crippen LogP contribution in [0, 0.1) is 0 Å². The molecule has 1 aromatic rings. The molecule has 23 heavy (non-hydrogen) atoms. The summed E-state index contributed by atoms with van der Waals surface area (Å²) < 4.78 is 0. The quantitative estimate of drug-likeness (QED) is 0.828. The van der Waals surface area contributed by atoms with E-state index in [1.54, 1.807) is 24.3 Å². The molecule has 3 rings (SSSR count). The van der Waals surface area contributed by atoms with Crippen LogP contribution in [0.3, 0.4) is 0 Å². The summed E-state index contributed by atoms with van der Waals surface area (Å²) in [5.41, 5.74) is 1.38. The second-order valence-electron chi connectivity index (χ2n) is 6.23. The van der Waals surface area contributed by atoms with Crippen molar-refractivity contribution in [3.63, 3.8) is 0 Å². The Kier molecular flexibility index (Phi) is 4.93. The normalized spacial score (nSPS) is 22.1. The molecule has 2 N–H and O–H groups in total. The first kappa shape index (κ1) is 16.0. The summed E-state index contributed by atoms with van der Waals surface area (Å²) in [6.45, 7) is 7.08. The van der Waals surface area contributed by atoms with Crippen molar-refractivity contribution in [2.45, 2.75) is 19.4 Å². The van der Waals surface area contributed by atoms with Crippen molar-refractivity contribution in [3.05, 3.63) is 29.8 Å². The highest BCUT2D eigenvalue weighted by atomic mass is 16.2. The Hall–Kier alpha value is -1.92. The van der Waals surface area contributed by atoms with Crippen molar-refractivity contribution >= 4 is 17.5 Å². The molecule has 0 aromatic heterocycles. The topological polar surface area (TPSA) is 64.7 Å². The fraction of sp³-hybridized carbons (Fsp3) is 0.529. The Morgan fingerprint density at radius 1 is 1.13 bits per heavy atom. The van der Waals surface area contributed by atoms with Gasteiger partial charge in [-0.05, 0) is 44.2 Å². The SMILES string of the molecule is CC(=O)c1ccc(NC(=O)N2CCN(C3CCNC3)CC2)cc1. The maximum absolute atomic E-state index is 12.3. The number of piperazine rings is 1. The predicted molar refractivity (Wildman–Crippen MR) is 89.9 cm³/mol. The van der Waals surface area contributed by atoms with E-state index in [0.717, 1.165) is 45.0 Å². The molecule has 0 bridgehead atoms. The van der Waals surface area contributed by atoms with Crippen molar-refractivity contribution in [1.29, 1.82) is 0 Å². The second kappa shape index (κ2) is 7.10. The number of nitrogens with one attached hydrogen (secondary N) is 2. The molecule has 1 unspecified atom stereocenters. The lowest BCUT2D eigenvalue weighted by Gasteiger charge is -2.37. The van der Waals surface area contributed by atoms with Crippen molar-refractivity contribution in [3.8, 4) is 0 Å². The van der Waals surface area contributed by atoms with Gasteiger partial charge in [0.1, 0.15) is 0 Å². The Balaban J connectivity index is 1.50. The number of urea groups is 1. The van der Waals surface area contributed by atoms with Crippen molar-refractivity contribution < 1.29 is 9.59 Å². The van der Waals surface area contributed by atoms with Crippen LogP contribution in [-0.2, 0) is 0 Å². The molecule has 0 saturated carbocycles. The predicted octanol–water partition coefficient (Wildman–Crippen LogP) is 1.40. The van der Waals surface area contributed by atoms with Crippen LogP contribution in [-0.4, -0.2) is 66.9 Å². The molecule has 124 valence electrons. The first-order chi connectivity index (χ1) is 11.1. The minimum atomic E-state index is -0.0650. The van der Waals surface area contributed by atoms with Gasteiger partial charge in [-0.15, -0.1) is 0 Å². The molecule has 0 spiro atoms. The highest BCUT2D eigenvalue weighted by Crippen LogP contribution is 2.14. The lowest BCUT2D eigenvalue weighted by atomic mass is 10.1. The Morgan fingerprint density at radius 3 is 2.39 bits per heavy atom. The standard InChI is InChI=1S/C17H24N4O2/c1-13(22)14-2-4-15(5-3-14)19-17(23)21-10-8-20(9-11-21)16-6-7-18-12-16/h2-5,16,18H,6-12H2,1H3,(H,19,23). The van der Waals surface area contributed by atoms with Gasteiger partial charge in [0.2, 0.25) is 0 Å². The number of rotatable bonds is 3. The molecule has 2 fully saturated rings. The lowest BCUT2D eigenvalue weighted by Crippen LogP contribution is -2.53. The van der Waals surface area contributed by atoms with E-state index in [1.165, 1.54) is 13.3 Å². The second-order valence-corrected chi connectivity index (χ2v) is 6.23. The van der Waals surface area contributed by atoms with Crippen molar-refractivity contribution in [1.82, 2.24) is 15.1 Å². The molecule has 2 amide bonds. The summed E-state index contributed by atoms with van der Waals surface area (Å²) >= 11 is 0. The van der Waals surface area contributed by atoms with E-state index in [-0.39, 0.29) is 11.8 Å². The first-order valence-electron chi connectivity index (χ1n) is 8.25. The fourth-order valence-electron chi connectivity index (χ4n) is 3.23. The van der Waals surface area contributed by atoms with Crippen LogP contribution in [0.2, 0.25) is 0 Å². The van der Waals surface area contributed by atoms with Crippen LogP contribution < -0.4 is 10.6 Å². The Labute approximate surface area is 136 Å². The van der Waals surface area contributed by atoms with Crippen molar-refractivity contribution in [2.75, 3.05) is 44.6 Å². The number of anilines is 1. The number of nitrogens with zero attached hydrogens (tertiary/aromatic N) is 2. The molecule has 2 aliphatic rings. The number of amides is 2. The molecule has 1 atom stereocenters. The zero-order valence-corrected chi connectivity index (χ0v) is 13.5. The van der Waals surface area contributed by atoms with Gasteiger partial charge in [0.15, 0.2) is 5.78 Å². The maximum Gasteiger partial charge on any atom is 0.321 e. The third-order valence-electron chi connectivity index (χ3n) is 4.69. The van der Waals surface area contributed by atoms with Gasteiger partial charge in [-0.1, -0.05) is 0 Å². The number of hydrogen-bond acceptors (Lipinski definition) is 4. The molecular weight excluding hydrogens is 292 g/mol. The number of carbonyl (C=O) groups is 2. The number of hydrogen-bond donors (Lipinski definition) is 2. The van der Waals surface area contributed by atoms with E-state index in [4.69, 9.17) is 0 Å². The zero-order chi connectivity index (χ0) is 16.2. The number of Topliss-reactive ketones (excluding diaryl/α,β-unsaturated/α-hetero) is 1. The van der Waals surface area contributed by atoms with Crippen molar-refractivity contribution in [2.24, 2.45) is 0 Å². The summed E-state index contributed by atoms with van der Waals surface area (Å²) in [5, 5.41) is 6.30. The first-order valence-corrected chi connectivity index (χ1v) is 8.25. The third-order valence-corrected chi connectivity index (χ3v) is 4.69. The van der Waals surface area contributed by atoms with Gasteiger partial charge < -0.3 is 15.5 Å². The van der Waals surface area contributed by atoms with E-state index in [0.29, 0.717) is 11.6 Å². The maximum atomic E-state index is 12.3. The average Bonchev–Trinajstić information content (AvgIpc) is 3.10. The molecule has 0 aliphatic carbocycles. The van der Waals surface area contributed by atoms with Gasteiger partial charge in [-0.3, -0.25) is 9.69 Å². The van der Waals surface area contributed by atoms with Crippen LogP contribution in [0.1, 0.15) is 23.7 Å². The van der Waals surface area contributed by atoms with E-state index in [9.17, 15) is 9.59 Å². The van der Waals surface area contributed by atoms with Crippen LogP contribution >= 0.6 is 0 Å². The minimum absolute atomic E-state index is 0.0281. The molecule has 2 aliphatic heterocycles. The van der Waals surface area contributed by atoms with Crippen LogP contribution in [0.4, 0.5) is 10.5 Å². The zero-order valence-electron chi connectivity index (χ0n) is 13.5. The molecule has 0 radical (unpaired) electrons. The highest BCUT2D eigenvalue weighted by molar-refractivity contribution is 5.95. The molecule has 1 aromatic carbocycles. The van der Waals surface area contributed by atoms with Gasteiger partial charge in [0.05, 0.1) is 0 Å². The molecule has 2 heterocycles. The van der Waals surface area contributed by atoms with Gasteiger partial charge in [-0.25, -0.2) is 4.79 Å². The van der Waals surface area contributed by atoms with Crippen LogP contribution in [0.15, 0.2) is 24.3 Å². The summed E-state index contributed by atoms with van der Waals surface area (Å²) in [6.07, 6.45) is 1.20. The smallest absolute Gasteiger partial charge is 0.321 e. The third kappa shape index (κ3) is 3.89. The summed E-state index contributed by atoms with van der Waals surface area (Å²) in [5.74, 6) is 0.0281. The molecule has 2 saturated heterocycles. The number of ketones is 1. The average molecular weight is 316 g/mol. The van der Waals surface area contributed by atoms with E-state index < -0.39 is 0 Å². The van der Waals surface area contributed by atoms with Gasteiger partial charge in [-0.2, -0.15) is 0 Å². The van der Waals surface area contributed by atoms with Crippen LogP contribution in [0.25, 0.3) is 0 Å². The van der Waals surface area contributed by atoms with E-state index in [2.05, 4.69) is 15.5 Å². The van der Waals surface area contributed by atoms with Crippen LogP contribution in [0.5, 0.6) is 0 Å². The van der Waals surface area contributed by atoms with Gasteiger partial charge in [0, 0.05) is 50.0 Å². The Morgan fingerprint density at radius 2 is 1.83 bits per heavy atom. The number of benzene rings is 1. The summed E-state index contributed by atoms with van der Waals surface area (Å²) in [4.78, 5) is 27.9. The summed E-state index contributed by atoms with van der Waals surface area (Å²) in [7, 11) is 0. The molecule has 6 nitrogen and oxygen atoms in total. The molecule has 6 heteroatoms. The Bertz CT molecular complexity index is 558. The largest absolute Gasteiger partial charge is 0.322 e. The lowest BCUT2D eigenvalue weighted by molar-refractivity contribution is 0.101. The van der Waals surface area contributed by atoms with Gasteiger partial charge >= 0.3 is 6.03 Å².